The van der Waals surface area contributed by atoms with Crippen molar-refractivity contribution < 1.29 is 29.3 Å². The quantitative estimate of drug-likeness (QED) is 0.711. The van der Waals surface area contributed by atoms with Crippen molar-refractivity contribution in [3.05, 3.63) is 23.8 Å². The van der Waals surface area contributed by atoms with Gasteiger partial charge in [-0.15, -0.1) is 0 Å². The minimum Gasteiger partial charge on any atom is -0.479 e. The van der Waals surface area contributed by atoms with Crippen molar-refractivity contribution in [2.45, 2.75) is 45.2 Å². The van der Waals surface area contributed by atoms with E-state index in [-0.39, 0.29) is 0 Å². The fourth-order valence-electron chi connectivity index (χ4n) is 1.67. The Morgan fingerprint density at radius 2 is 1.63 bits per heavy atom. The fraction of sp³-hybridized carbons (Fsp3) is 0.538. The molecule has 0 bridgehead atoms. The van der Waals surface area contributed by atoms with Crippen molar-refractivity contribution in [1.29, 1.82) is 0 Å². The van der Waals surface area contributed by atoms with Crippen LogP contribution in [0.5, 0.6) is 0 Å². The second-order valence-corrected chi connectivity index (χ2v) is 4.60. The van der Waals surface area contributed by atoms with E-state index in [1.807, 2.05) is 19.9 Å². The van der Waals surface area contributed by atoms with E-state index in [1.54, 1.807) is 0 Å². The lowest BCUT2D eigenvalue weighted by Crippen LogP contribution is -2.36. The van der Waals surface area contributed by atoms with Gasteiger partial charge in [0.15, 0.2) is 18.5 Å². The number of aliphatic carboxylic acids is 2. The summed E-state index contributed by atoms with van der Waals surface area (Å²) < 4.78 is 10.2. The molecular weight excluding hydrogens is 252 g/mol. The van der Waals surface area contributed by atoms with Crippen LogP contribution in [0.1, 0.15) is 26.7 Å². The predicted molar refractivity (Wildman–Crippen MR) is 66.6 cm³/mol. The molecule has 1 aliphatic heterocycles. The summed E-state index contributed by atoms with van der Waals surface area (Å²) in [5.74, 6) is -2.71. The van der Waals surface area contributed by atoms with Crippen molar-refractivity contribution in [1.82, 2.24) is 0 Å². The van der Waals surface area contributed by atoms with Gasteiger partial charge in [0.1, 0.15) is 0 Å². The Hall–Kier alpha value is -1.66. The van der Waals surface area contributed by atoms with Gasteiger partial charge in [0.2, 0.25) is 0 Å². The van der Waals surface area contributed by atoms with Gasteiger partial charge in [-0.25, -0.2) is 9.59 Å². The minimum atomic E-state index is -1.50. The maximum absolute atomic E-state index is 10.9. The Morgan fingerprint density at radius 1 is 1.16 bits per heavy atom. The van der Waals surface area contributed by atoms with E-state index in [2.05, 4.69) is 6.58 Å². The second kappa shape index (κ2) is 6.49. The maximum atomic E-state index is 10.9. The SMILES string of the molecule is C=C(CCC=C(C)C)C1O[C@H](C(=O)O)[C@@H](C(=O)O)O1. The number of hydrogen-bond acceptors (Lipinski definition) is 4. The van der Waals surface area contributed by atoms with E-state index in [0.29, 0.717) is 12.0 Å². The topological polar surface area (TPSA) is 93.1 Å². The lowest BCUT2D eigenvalue weighted by molar-refractivity contribution is -0.156. The van der Waals surface area contributed by atoms with Crippen LogP contribution in [0.15, 0.2) is 23.8 Å². The molecule has 0 spiro atoms. The molecule has 6 heteroatoms. The monoisotopic (exact) mass is 270 g/mol. The summed E-state index contributed by atoms with van der Waals surface area (Å²) in [4.78, 5) is 21.8. The van der Waals surface area contributed by atoms with Crippen LogP contribution in [0.25, 0.3) is 0 Å². The molecule has 0 aromatic carbocycles. The number of carbonyl (C=O) groups is 2. The number of carboxylic acid groups (broad SMARTS) is 2. The van der Waals surface area contributed by atoms with Crippen LogP contribution >= 0.6 is 0 Å². The van der Waals surface area contributed by atoms with Gasteiger partial charge >= 0.3 is 11.9 Å². The Balaban J connectivity index is 2.61. The Labute approximate surface area is 111 Å². The average molecular weight is 270 g/mol. The third-order valence-electron chi connectivity index (χ3n) is 2.65. The first-order valence-electron chi connectivity index (χ1n) is 5.90. The first-order chi connectivity index (χ1) is 8.82. The molecule has 19 heavy (non-hydrogen) atoms. The van der Waals surface area contributed by atoms with Crippen LogP contribution in [0.3, 0.4) is 0 Å². The number of carboxylic acids is 2. The molecule has 1 fully saturated rings. The van der Waals surface area contributed by atoms with E-state index >= 15 is 0 Å². The van der Waals surface area contributed by atoms with Crippen molar-refractivity contribution in [3.8, 4) is 0 Å². The number of ether oxygens (including phenoxy) is 2. The van der Waals surface area contributed by atoms with Crippen LogP contribution in [0, 0.1) is 0 Å². The Kier molecular flexibility index (Phi) is 5.26. The van der Waals surface area contributed by atoms with E-state index < -0.39 is 30.4 Å². The highest BCUT2D eigenvalue weighted by atomic mass is 16.7. The first-order valence-corrected chi connectivity index (χ1v) is 5.90. The Morgan fingerprint density at radius 3 is 2.00 bits per heavy atom. The summed E-state index contributed by atoms with van der Waals surface area (Å²) in [5, 5.41) is 17.7. The Bertz CT molecular complexity index is 385. The molecule has 0 amide bonds. The van der Waals surface area contributed by atoms with Gasteiger partial charge in [-0.05, 0) is 32.3 Å². The zero-order chi connectivity index (χ0) is 14.6. The van der Waals surface area contributed by atoms with Gasteiger partial charge in [0.25, 0.3) is 0 Å². The van der Waals surface area contributed by atoms with Crippen LogP contribution in [-0.4, -0.2) is 40.6 Å². The molecule has 0 radical (unpaired) electrons. The summed E-state index contributed by atoms with van der Waals surface area (Å²) in [6, 6.07) is 0. The lowest BCUT2D eigenvalue weighted by Gasteiger charge is -2.12. The number of rotatable bonds is 6. The number of hydrogen-bond donors (Lipinski definition) is 2. The highest BCUT2D eigenvalue weighted by molar-refractivity contribution is 5.84. The standard InChI is InChI=1S/C13H18O6/c1-7(2)5-4-6-8(3)13-18-9(11(14)15)10(19-13)12(16)17/h5,9-10,13H,3-4,6H2,1-2H3,(H,14,15)(H,16,17)/t9-,10-/m0/s1. The average Bonchev–Trinajstić information content (AvgIpc) is 2.73. The molecule has 0 aliphatic carbocycles. The molecule has 0 unspecified atom stereocenters. The molecule has 1 saturated heterocycles. The molecular formula is C13H18O6. The summed E-state index contributed by atoms with van der Waals surface area (Å²) in [5.41, 5.74) is 1.69. The minimum absolute atomic E-state index is 0.535. The molecule has 6 nitrogen and oxygen atoms in total. The van der Waals surface area contributed by atoms with E-state index in [4.69, 9.17) is 19.7 Å². The summed E-state index contributed by atoms with van der Waals surface area (Å²) in [7, 11) is 0. The van der Waals surface area contributed by atoms with Crippen molar-refractivity contribution in [3.63, 3.8) is 0 Å². The van der Waals surface area contributed by atoms with Crippen LogP contribution < -0.4 is 0 Å². The van der Waals surface area contributed by atoms with Gasteiger partial charge in [-0.2, -0.15) is 0 Å². The molecule has 0 saturated carbocycles. The fourth-order valence-corrected chi connectivity index (χ4v) is 1.67. The maximum Gasteiger partial charge on any atom is 0.336 e. The summed E-state index contributed by atoms with van der Waals surface area (Å²) in [6.45, 7) is 7.69. The van der Waals surface area contributed by atoms with Gasteiger partial charge < -0.3 is 19.7 Å². The van der Waals surface area contributed by atoms with Gasteiger partial charge in [0, 0.05) is 0 Å². The second-order valence-electron chi connectivity index (χ2n) is 4.60. The molecule has 1 heterocycles. The molecule has 0 aromatic heterocycles. The van der Waals surface area contributed by atoms with Gasteiger partial charge in [-0.3, -0.25) is 0 Å². The molecule has 2 N–H and O–H groups in total. The third kappa shape index (κ3) is 4.18. The van der Waals surface area contributed by atoms with Crippen LogP contribution in [0.4, 0.5) is 0 Å². The van der Waals surface area contributed by atoms with Crippen LogP contribution in [0.2, 0.25) is 0 Å². The highest BCUT2D eigenvalue weighted by Gasteiger charge is 2.46. The third-order valence-corrected chi connectivity index (χ3v) is 2.65. The zero-order valence-electron chi connectivity index (χ0n) is 11.0. The van der Waals surface area contributed by atoms with Gasteiger partial charge in [-0.1, -0.05) is 18.2 Å². The molecule has 1 rings (SSSR count). The van der Waals surface area contributed by atoms with E-state index in [0.717, 1.165) is 12.0 Å². The summed E-state index contributed by atoms with van der Waals surface area (Å²) in [6.07, 6.45) is -0.698. The first kappa shape index (κ1) is 15.4. The normalized spacial score (nSPS) is 23.1. The predicted octanol–water partition coefficient (Wildman–Crippen LogP) is 1.57. The van der Waals surface area contributed by atoms with Gasteiger partial charge in [0.05, 0.1) is 0 Å². The van der Waals surface area contributed by atoms with Crippen molar-refractivity contribution >= 4 is 11.9 Å². The van der Waals surface area contributed by atoms with Crippen LogP contribution in [-0.2, 0) is 19.1 Å². The lowest BCUT2D eigenvalue weighted by atomic mass is 10.1. The zero-order valence-corrected chi connectivity index (χ0v) is 11.0. The van der Waals surface area contributed by atoms with Crippen molar-refractivity contribution in [2.75, 3.05) is 0 Å². The number of allylic oxidation sites excluding steroid dienone is 2. The van der Waals surface area contributed by atoms with E-state index in [1.165, 1.54) is 0 Å². The molecule has 106 valence electrons. The molecule has 1 aliphatic rings. The summed E-state index contributed by atoms with van der Waals surface area (Å²) >= 11 is 0. The van der Waals surface area contributed by atoms with E-state index in [9.17, 15) is 9.59 Å². The highest BCUT2D eigenvalue weighted by Crippen LogP contribution is 2.26. The van der Waals surface area contributed by atoms with Crippen molar-refractivity contribution in [2.24, 2.45) is 0 Å². The molecule has 2 atom stereocenters. The molecule has 0 aromatic rings. The largest absolute Gasteiger partial charge is 0.479 e. The smallest absolute Gasteiger partial charge is 0.336 e.